The first-order valence-electron chi connectivity index (χ1n) is 5.47. The lowest BCUT2D eigenvalue weighted by Gasteiger charge is -2.11. The molecular weight excluding hydrogens is 234 g/mol. The number of rotatable bonds is 5. The molecule has 1 heterocycles. The van der Waals surface area contributed by atoms with Crippen LogP contribution in [0.3, 0.4) is 0 Å². The van der Waals surface area contributed by atoms with Gasteiger partial charge in [0, 0.05) is 11.6 Å². The Hall–Kier alpha value is -2.08. The lowest BCUT2D eigenvalue weighted by Crippen LogP contribution is -2.05. The molecular formula is C12H15N3O3. The van der Waals surface area contributed by atoms with E-state index in [0.717, 1.165) is 17.1 Å². The summed E-state index contributed by atoms with van der Waals surface area (Å²) in [5.41, 5.74) is 0.966. The third kappa shape index (κ3) is 2.43. The molecule has 0 aliphatic rings. The highest BCUT2D eigenvalue weighted by atomic mass is 16.5. The molecule has 6 heteroatoms. The van der Waals surface area contributed by atoms with Gasteiger partial charge in [0.25, 0.3) is 0 Å². The van der Waals surface area contributed by atoms with E-state index in [2.05, 4.69) is 10.2 Å². The summed E-state index contributed by atoms with van der Waals surface area (Å²) in [6.45, 7) is 0.397. The zero-order valence-corrected chi connectivity index (χ0v) is 10.3. The largest absolute Gasteiger partial charge is 0.497 e. The van der Waals surface area contributed by atoms with Gasteiger partial charge in [-0.2, -0.15) is 0 Å². The van der Waals surface area contributed by atoms with Crippen molar-refractivity contribution in [2.24, 2.45) is 0 Å². The van der Waals surface area contributed by atoms with Crippen molar-refractivity contribution in [2.75, 3.05) is 14.2 Å². The van der Waals surface area contributed by atoms with E-state index < -0.39 is 0 Å². The molecule has 0 unspecified atom stereocenters. The zero-order chi connectivity index (χ0) is 13.0. The van der Waals surface area contributed by atoms with Gasteiger partial charge in [-0.15, -0.1) is 10.2 Å². The Morgan fingerprint density at radius 1 is 1.28 bits per heavy atom. The Kier molecular flexibility index (Phi) is 3.78. The summed E-state index contributed by atoms with van der Waals surface area (Å²) in [5.74, 6) is 1.99. The van der Waals surface area contributed by atoms with Crippen molar-refractivity contribution in [3.05, 3.63) is 35.9 Å². The minimum Gasteiger partial charge on any atom is -0.497 e. The predicted octanol–water partition coefficient (Wildman–Crippen LogP) is 0.836. The van der Waals surface area contributed by atoms with Gasteiger partial charge in [0.15, 0.2) is 5.82 Å². The highest BCUT2D eigenvalue weighted by Crippen LogP contribution is 2.25. The summed E-state index contributed by atoms with van der Waals surface area (Å²) in [4.78, 5) is 0. The molecule has 0 fully saturated rings. The lowest BCUT2D eigenvalue weighted by molar-refractivity contribution is 0.265. The quantitative estimate of drug-likeness (QED) is 0.850. The Bertz CT molecular complexity index is 525. The van der Waals surface area contributed by atoms with Gasteiger partial charge in [0.2, 0.25) is 0 Å². The van der Waals surface area contributed by atoms with Gasteiger partial charge in [0.05, 0.1) is 20.8 Å². The van der Waals surface area contributed by atoms with E-state index in [1.54, 1.807) is 25.1 Å². The van der Waals surface area contributed by atoms with Gasteiger partial charge >= 0.3 is 0 Å². The molecule has 0 aliphatic heterocycles. The van der Waals surface area contributed by atoms with Crippen molar-refractivity contribution in [3.8, 4) is 11.5 Å². The van der Waals surface area contributed by atoms with Crippen molar-refractivity contribution in [1.29, 1.82) is 0 Å². The van der Waals surface area contributed by atoms with Crippen LogP contribution in [0.2, 0.25) is 0 Å². The summed E-state index contributed by atoms with van der Waals surface area (Å²) >= 11 is 0. The molecule has 0 saturated heterocycles. The van der Waals surface area contributed by atoms with Crippen LogP contribution in [0.1, 0.15) is 11.4 Å². The molecule has 0 aliphatic carbocycles. The highest BCUT2D eigenvalue weighted by Gasteiger charge is 2.08. The van der Waals surface area contributed by atoms with Crippen molar-refractivity contribution in [1.82, 2.24) is 14.8 Å². The molecule has 0 bridgehead atoms. The Morgan fingerprint density at radius 2 is 2.11 bits per heavy atom. The summed E-state index contributed by atoms with van der Waals surface area (Å²) in [5, 5.41) is 16.7. The second-order valence-corrected chi connectivity index (χ2v) is 3.71. The third-order valence-corrected chi connectivity index (χ3v) is 2.67. The smallest absolute Gasteiger partial charge is 0.158 e. The standard InChI is InChI=1S/C12H15N3O3/c1-17-10-4-3-9(11(5-10)18-2)6-15-8-13-14-12(15)7-16/h3-5,8,16H,6-7H2,1-2H3. The number of aliphatic hydroxyl groups is 1. The van der Waals surface area contributed by atoms with E-state index in [1.807, 2.05) is 18.2 Å². The van der Waals surface area contributed by atoms with Crippen LogP contribution in [-0.2, 0) is 13.2 Å². The average molecular weight is 249 g/mol. The number of aliphatic hydroxyl groups excluding tert-OH is 1. The Morgan fingerprint density at radius 3 is 2.78 bits per heavy atom. The van der Waals surface area contributed by atoms with E-state index in [4.69, 9.17) is 14.6 Å². The summed E-state index contributed by atoms with van der Waals surface area (Å²) < 4.78 is 12.2. The monoisotopic (exact) mass is 249 g/mol. The minimum absolute atomic E-state index is 0.140. The van der Waals surface area contributed by atoms with E-state index in [1.165, 1.54) is 0 Å². The molecule has 96 valence electrons. The molecule has 0 spiro atoms. The number of hydrogen-bond acceptors (Lipinski definition) is 5. The van der Waals surface area contributed by atoms with E-state index in [9.17, 15) is 0 Å². The first-order valence-corrected chi connectivity index (χ1v) is 5.47. The van der Waals surface area contributed by atoms with Crippen LogP contribution in [0, 0.1) is 0 Å². The van der Waals surface area contributed by atoms with Gasteiger partial charge in [-0.05, 0) is 12.1 Å². The van der Waals surface area contributed by atoms with Crippen LogP contribution in [0.5, 0.6) is 11.5 Å². The van der Waals surface area contributed by atoms with Crippen LogP contribution >= 0.6 is 0 Å². The maximum atomic E-state index is 9.12. The summed E-state index contributed by atoms with van der Waals surface area (Å²) in [6.07, 6.45) is 1.58. The molecule has 6 nitrogen and oxygen atoms in total. The molecule has 0 saturated carbocycles. The van der Waals surface area contributed by atoms with E-state index >= 15 is 0 Å². The molecule has 2 aromatic rings. The van der Waals surface area contributed by atoms with Gasteiger partial charge in [-0.25, -0.2) is 0 Å². The number of aromatic nitrogens is 3. The number of hydrogen-bond donors (Lipinski definition) is 1. The fraction of sp³-hybridized carbons (Fsp3) is 0.333. The predicted molar refractivity (Wildman–Crippen MR) is 64.6 cm³/mol. The second-order valence-electron chi connectivity index (χ2n) is 3.71. The van der Waals surface area contributed by atoms with Gasteiger partial charge in [-0.3, -0.25) is 0 Å². The average Bonchev–Trinajstić information content (AvgIpc) is 2.86. The van der Waals surface area contributed by atoms with Crippen LogP contribution < -0.4 is 9.47 Å². The van der Waals surface area contributed by atoms with Gasteiger partial charge < -0.3 is 19.1 Å². The normalized spacial score (nSPS) is 10.4. The second kappa shape index (κ2) is 5.50. The van der Waals surface area contributed by atoms with Crippen molar-refractivity contribution in [3.63, 3.8) is 0 Å². The van der Waals surface area contributed by atoms with Gasteiger partial charge in [-0.1, -0.05) is 0 Å². The number of benzene rings is 1. The molecule has 1 N–H and O–H groups in total. The van der Waals surface area contributed by atoms with Crippen molar-refractivity contribution in [2.45, 2.75) is 13.2 Å². The molecule has 0 atom stereocenters. The topological polar surface area (TPSA) is 69.4 Å². The highest BCUT2D eigenvalue weighted by molar-refractivity contribution is 5.40. The number of ether oxygens (including phenoxy) is 2. The van der Waals surface area contributed by atoms with E-state index in [0.29, 0.717) is 12.4 Å². The first-order chi connectivity index (χ1) is 8.78. The van der Waals surface area contributed by atoms with E-state index in [-0.39, 0.29) is 6.61 Å². The maximum Gasteiger partial charge on any atom is 0.158 e. The first kappa shape index (κ1) is 12.4. The van der Waals surface area contributed by atoms with Crippen molar-refractivity contribution >= 4 is 0 Å². The van der Waals surface area contributed by atoms with Crippen molar-refractivity contribution < 1.29 is 14.6 Å². The summed E-state index contributed by atoms with van der Waals surface area (Å²) in [7, 11) is 3.22. The molecule has 18 heavy (non-hydrogen) atoms. The molecule has 1 aromatic heterocycles. The molecule has 0 amide bonds. The molecule has 0 radical (unpaired) electrons. The SMILES string of the molecule is COc1ccc(Cn2cnnc2CO)c(OC)c1. The Labute approximate surface area is 105 Å². The van der Waals surface area contributed by atoms with Crippen LogP contribution in [0.25, 0.3) is 0 Å². The maximum absolute atomic E-state index is 9.12. The van der Waals surface area contributed by atoms with Crippen LogP contribution in [0.4, 0.5) is 0 Å². The minimum atomic E-state index is -0.140. The zero-order valence-electron chi connectivity index (χ0n) is 10.3. The van der Waals surface area contributed by atoms with Crippen LogP contribution in [0.15, 0.2) is 24.5 Å². The molecule has 2 rings (SSSR count). The van der Waals surface area contributed by atoms with Crippen LogP contribution in [-0.4, -0.2) is 34.1 Å². The molecule has 1 aromatic carbocycles. The fourth-order valence-electron chi connectivity index (χ4n) is 1.70. The Balaban J connectivity index is 2.28. The lowest BCUT2D eigenvalue weighted by atomic mass is 10.2. The third-order valence-electron chi connectivity index (χ3n) is 2.67. The number of methoxy groups -OCH3 is 2. The summed E-state index contributed by atoms with van der Waals surface area (Å²) in [6, 6.07) is 5.60. The fourth-order valence-corrected chi connectivity index (χ4v) is 1.70. The number of nitrogens with zero attached hydrogens (tertiary/aromatic N) is 3. The van der Waals surface area contributed by atoms with Gasteiger partial charge in [0.1, 0.15) is 24.4 Å².